The van der Waals surface area contributed by atoms with Gasteiger partial charge in [0.15, 0.2) is 17.4 Å². The predicted molar refractivity (Wildman–Crippen MR) is 152 cm³/mol. The number of hydrogen-bond acceptors (Lipinski definition) is 9. The van der Waals surface area contributed by atoms with Crippen molar-refractivity contribution in [1.29, 1.82) is 10.5 Å². The third-order valence-electron chi connectivity index (χ3n) is 5.38. The summed E-state index contributed by atoms with van der Waals surface area (Å²) >= 11 is 2.09. The highest BCUT2D eigenvalue weighted by Gasteiger charge is 2.33. The van der Waals surface area contributed by atoms with Gasteiger partial charge in [-0.1, -0.05) is 22.6 Å². The molecule has 43 heavy (non-hydrogen) atoms. The summed E-state index contributed by atoms with van der Waals surface area (Å²) in [5.74, 6) is -8.62. The first-order valence-corrected chi connectivity index (χ1v) is 17.0. The number of hydrogen-bond donors (Lipinski definition) is 1. The number of fused-ring (bicyclic) bond motifs is 1. The summed E-state index contributed by atoms with van der Waals surface area (Å²) in [6.45, 7) is -0.154. The molecule has 1 N–H and O–H groups in total. The van der Waals surface area contributed by atoms with Crippen LogP contribution in [0.5, 0.6) is 17.2 Å². The Hall–Kier alpha value is -3.48. The quantitative estimate of drug-likeness (QED) is 0.0582. The number of sulfonamides is 1. The summed E-state index contributed by atoms with van der Waals surface area (Å²) in [7, 11) is -9.51. The second kappa shape index (κ2) is 13.0. The number of halogens is 6. The standard InChI is InChI=1S/C25H14F5IN3O6PS2/c26-18-7-15(3-1-13(18)10-32)39-41(35,40-16-4-2-14(11-33)19(27)8-16)12-34-43(36,37)20-9-17-21(28)22(29)24(38-6-5-31)23(30)25(17)42-20/h1-4,7-9,34H,5-6,12H2. The van der Waals surface area contributed by atoms with E-state index in [1.807, 2.05) is 27.3 Å². The molecule has 0 radical (unpaired) electrons. The Morgan fingerprint density at radius 2 is 1.44 bits per heavy atom. The Balaban J connectivity index is 1.68. The molecule has 0 amide bonds. The fourth-order valence-electron chi connectivity index (χ4n) is 3.44. The maximum absolute atomic E-state index is 14.9. The average Bonchev–Trinajstić information content (AvgIpc) is 3.43. The maximum Gasteiger partial charge on any atom is 0.445 e. The average molecular weight is 769 g/mol. The van der Waals surface area contributed by atoms with Gasteiger partial charge in [-0.2, -0.15) is 19.6 Å². The molecule has 224 valence electrons. The highest BCUT2D eigenvalue weighted by Crippen LogP contribution is 2.48. The predicted octanol–water partition coefficient (Wildman–Crippen LogP) is 6.74. The van der Waals surface area contributed by atoms with Gasteiger partial charge in [0.2, 0.25) is 5.82 Å². The molecule has 1 heterocycles. The van der Waals surface area contributed by atoms with E-state index in [0.717, 1.165) is 24.3 Å². The zero-order valence-electron chi connectivity index (χ0n) is 21.0. The number of nitriles is 2. The number of benzene rings is 3. The first-order chi connectivity index (χ1) is 20.3. The SMILES string of the molecule is N#Cc1ccc(OP(=O)(CNS(=O)(=O)c2cc3c(F)c(F)c(OCCI)c(F)c3s2)Oc2ccc(C#N)c(F)c2)cc1F. The van der Waals surface area contributed by atoms with Crippen molar-refractivity contribution < 1.29 is 48.7 Å². The van der Waals surface area contributed by atoms with Gasteiger partial charge in [0.25, 0.3) is 10.0 Å². The molecule has 0 aliphatic heterocycles. The maximum atomic E-state index is 14.9. The Bertz CT molecular complexity index is 1910. The monoisotopic (exact) mass is 769 g/mol. The van der Waals surface area contributed by atoms with Gasteiger partial charge in [-0.25, -0.2) is 30.5 Å². The highest BCUT2D eigenvalue weighted by molar-refractivity contribution is 14.1. The topological polar surface area (TPSA) is 139 Å². The summed E-state index contributed by atoms with van der Waals surface area (Å²) in [6, 6.07) is 9.18. The lowest BCUT2D eigenvalue weighted by Gasteiger charge is -2.20. The fraction of sp³-hybridized carbons (Fsp3) is 0.120. The van der Waals surface area contributed by atoms with Crippen LogP contribution < -0.4 is 18.5 Å². The van der Waals surface area contributed by atoms with E-state index in [2.05, 4.69) is 0 Å². The van der Waals surface area contributed by atoms with Gasteiger partial charge in [-0.3, -0.25) is 0 Å². The smallest absolute Gasteiger partial charge is 0.445 e. The molecular weight excluding hydrogens is 755 g/mol. The van der Waals surface area contributed by atoms with Crippen molar-refractivity contribution in [2.75, 3.05) is 17.3 Å². The summed E-state index contributed by atoms with van der Waals surface area (Å²) < 4.78 is 129. The number of ether oxygens (including phenoxy) is 1. The van der Waals surface area contributed by atoms with Crippen molar-refractivity contribution in [3.63, 3.8) is 0 Å². The third-order valence-corrected chi connectivity index (χ3v) is 10.6. The lowest BCUT2D eigenvalue weighted by atomic mass is 10.2. The molecule has 0 unspecified atom stereocenters. The molecule has 0 aliphatic rings. The zero-order chi connectivity index (χ0) is 31.5. The highest BCUT2D eigenvalue weighted by atomic mass is 127. The molecule has 4 rings (SSSR count). The molecule has 0 saturated heterocycles. The first kappa shape index (κ1) is 32.4. The molecule has 18 heteroatoms. The summed E-state index contributed by atoms with van der Waals surface area (Å²) in [5, 5.41) is 17.2. The van der Waals surface area contributed by atoms with Gasteiger partial charge in [-0.05, 0) is 30.3 Å². The van der Waals surface area contributed by atoms with Crippen LogP contribution in [0.4, 0.5) is 22.0 Å². The molecule has 0 saturated carbocycles. The number of nitrogens with one attached hydrogen (secondary N) is 1. The third kappa shape index (κ3) is 7.02. The number of rotatable bonds is 11. The molecule has 0 spiro atoms. The Labute approximate surface area is 258 Å². The van der Waals surface area contributed by atoms with Crippen molar-refractivity contribution in [3.05, 3.63) is 82.7 Å². The van der Waals surface area contributed by atoms with Gasteiger partial charge in [-0.15, -0.1) is 11.3 Å². The van der Waals surface area contributed by atoms with E-state index in [1.165, 1.54) is 0 Å². The molecule has 9 nitrogen and oxygen atoms in total. The van der Waals surface area contributed by atoms with Gasteiger partial charge in [0.05, 0.1) is 22.4 Å². The molecule has 4 aromatic rings. The van der Waals surface area contributed by atoms with Gasteiger partial charge in [0.1, 0.15) is 45.8 Å². The van der Waals surface area contributed by atoms with Gasteiger partial charge in [0, 0.05) is 21.9 Å². The van der Waals surface area contributed by atoms with Gasteiger partial charge >= 0.3 is 7.60 Å². The van der Waals surface area contributed by atoms with Crippen LogP contribution in [0.25, 0.3) is 10.1 Å². The van der Waals surface area contributed by atoms with Crippen LogP contribution >= 0.6 is 41.5 Å². The molecule has 1 aromatic heterocycles. The van der Waals surface area contributed by atoms with Crippen LogP contribution in [0.2, 0.25) is 0 Å². The van der Waals surface area contributed by atoms with E-state index >= 15 is 0 Å². The zero-order valence-corrected chi connectivity index (χ0v) is 25.7. The second-order valence-electron chi connectivity index (χ2n) is 8.22. The van der Waals surface area contributed by atoms with Crippen LogP contribution in [-0.2, 0) is 14.6 Å². The number of alkyl halides is 1. The van der Waals surface area contributed by atoms with E-state index in [0.29, 0.717) is 22.6 Å². The molecule has 0 fully saturated rings. The molecule has 0 aliphatic carbocycles. The summed E-state index contributed by atoms with van der Waals surface area (Å²) in [6.07, 6.45) is -1.18. The summed E-state index contributed by atoms with van der Waals surface area (Å²) in [5.41, 5.74) is -0.775. The largest absolute Gasteiger partial charge is 0.487 e. The number of nitrogens with zero attached hydrogens (tertiary/aromatic N) is 2. The van der Waals surface area contributed by atoms with Gasteiger partial charge < -0.3 is 13.8 Å². The minimum Gasteiger partial charge on any atom is -0.487 e. The van der Waals surface area contributed by atoms with Crippen molar-refractivity contribution in [3.8, 4) is 29.4 Å². The van der Waals surface area contributed by atoms with Crippen molar-refractivity contribution in [2.24, 2.45) is 0 Å². The first-order valence-electron chi connectivity index (χ1n) is 11.5. The second-order valence-corrected chi connectivity index (χ2v) is 14.3. The van der Waals surface area contributed by atoms with Crippen LogP contribution in [0.15, 0.2) is 46.7 Å². The lowest BCUT2D eigenvalue weighted by Crippen LogP contribution is -2.26. The van der Waals surface area contributed by atoms with E-state index in [4.69, 9.17) is 24.3 Å². The Kier molecular flexibility index (Phi) is 9.83. The van der Waals surface area contributed by atoms with E-state index in [1.54, 1.807) is 12.1 Å². The lowest BCUT2D eigenvalue weighted by molar-refractivity contribution is 0.303. The molecular formula is C25H14F5IN3O6PS2. The Morgan fingerprint density at radius 3 is 1.93 bits per heavy atom. The normalized spacial score (nSPS) is 11.6. The van der Waals surface area contributed by atoms with E-state index < -0.39 is 84.5 Å². The Morgan fingerprint density at radius 1 is 0.884 bits per heavy atom. The minimum absolute atomic E-state index is 0.154. The van der Waals surface area contributed by atoms with Crippen LogP contribution in [0, 0.1) is 51.7 Å². The van der Waals surface area contributed by atoms with Crippen LogP contribution in [0.3, 0.4) is 0 Å². The molecule has 0 bridgehead atoms. The molecule has 0 atom stereocenters. The van der Waals surface area contributed by atoms with E-state index in [9.17, 15) is 34.9 Å². The van der Waals surface area contributed by atoms with Crippen LogP contribution in [-0.4, -0.2) is 25.7 Å². The van der Waals surface area contributed by atoms with Crippen molar-refractivity contribution in [1.82, 2.24) is 4.72 Å². The summed E-state index contributed by atoms with van der Waals surface area (Å²) in [4.78, 5) is 0. The fourth-order valence-corrected chi connectivity index (χ4v) is 8.11. The van der Waals surface area contributed by atoms with Crippen molar-refractivity contribution >= 4 is 61.6 Å². The van der Waals surface area contributed by atoms with E-state index in [-0.39, 0.29) is 29.1 Å². The van der Waals surface area contributed by atoms with Crippen molar-refractivity contribution in [2.45, 2.75) is 4.21 Å². The van der Waals surface area contributed by atoms with Crippen LogP contribution in [0.1, 0.15) is 11.1 Å². The minimum atomic E-state index is -4.76. The number of thiophene rings is 1. The molecule has 3 aromatic carbocycles.